The Morgan fingerprint density at radius 3 is 1.63 bits per heavy atom. The van der Waals surface area contributed by atoms with Gasteiger partial charge in [-0.05, 0) is 0 Å². The molecule has 0 unspecified atom stereocenters. The molecule has 150 valence electrons. The molecular weight excluding hydrogens is 424 g/mol. The minimum atomic E-state index is 0.681. The average Bonchev–Trinajstić information content (AvgIpc) is 2.88. The molecule has 0 amide bonds. The third kappa shape index (κ3) is 21.4. The topological polar surface area (TPSA) is 109 Å². The fourth-order valence-electron chi connectivity index (χ4n) is 1.67. The number of hydrogen-bond acceptors (Lipinski definition) is 1. The van der Waals surface area contributed by atoms with Crippen molar-refractivity contribution in [3.8, 4) is 11.8 Å². The maximum atomic E-state index is 7.50. The molecule has 0 atom stereocenters. The van der Waals surface area contributed by atoms with Gasteiger partial charge in [0.1, 0.15) is 0 Å². The molecule has 0 saturated carbocycles. The van der Waals surface area contributed by atoms with E-state index in [0.717, 1.165) is 28.5 Å². The first-order valence-corrected chi connectivity index (χ1v) is 8.28. The van der Waals surface area contributed by atoms with Crippen LogP contribution in [0.2, 0.25) is 0 Å². The summed E-state index contributed by atoms with van der Waals surface area (Å²) in [5.74, 6) is 6.31. The summed E-state index contributed by atoms with van der Waals surface area (Å²) in [7, 11) is 0. The van der Waals surface area contributed by atoms with E-state index in [-0.39, 0.29) is 0 Å². The molecule has 30 heavy (non-hydrogen) atoms. The van der Waals surface area contributed by atoms with Gasteiger partial charge in [0.15, 0.2) is 0 Å². The third-order valence-corrected chi connectivity index (χ3v) is 3.25. The molecule has 0 saturated heterocycles. The van der Waals surface area contributed by atoms with E-state index in [9.17, 15) is 0 Å². The normalized spacial score (nSPS) is 6.73. The summed E-state index contributed by atoms with van der Waals surface area (Å²) in [6.07, 6.45) is 1.77. The van der Waals surface area contributed by atoms with Crippen LogP contribution in [-0.2, 0) is 43.8 Å². The maximum absolute atomic E-state index is 7.50. The van der Waals surface area contributed by atoms with Gasteiger partial charge < -0.3 is 0 Å². The van der Waals surface area contributed by atoms with Crippen LogP contribution in [0, 0.1) is 45.1 Å². The molecule has 0 heterocycles. The summed E-state index contributed by atoms with van der Waals surface area (Å²) in [5, 5.41) is 0. The van der Waals surface area contributed by atoms with Crippen LogP contribution in [0.25, 0.3) is 0 Å². The van der Waals surface area contributed by atoms with Crippen molar-refractivity contribution in [2.24, 2.45) is 0 Å². The van der Waals surface area contributed by atoms with Gasteiger partial charge in [-0.25, -0.2) is 0 Å². The van der Waals surface area contributed by atoms with Crippen molar-refractivity contribution in [3.05, 3.63) is 105 Å². The predicted octanol–water partition coefficient (Wildman–Crippen LogP) is 3.37. The van der Waals surface area contributed by atoms with Crippen molar-refractivity contribution in [2.75, 3.05) is 6.61 Å². The monoisotopic (exact) mass is 440 g/mol. The van der Waals surface area contributed by atoms with E-state index in [2.05, 4.69) is 60.9 Å². The van der Waals surface area contributed by atoms with E-state index in [1.165, 1.54) is 0 Å². The minimum absolute atomic E-state index is 0.681. The molecule has 2 aromatic carbocycles. The van der Waals surface area contributed by atoms with Crippen molar-refractivity contribution >= 4 is 4.57 Å². The molecule has 0 N–H and O–H groups in total. The van der Waals surface area contributed by atoms with Crippen LogP contribution in [0.15, 0.2) is 60.7 Å². The summed E-state index contributed by atoms with van der Waals surface area (Å²) in [4.78, 5) is 0. The quantitative estimate of drug-likeness (QED) is 0.302. The molecule has 0 aliphatic rings. The first-order valence-electron chi connectivity index (χ1n) is 7.64. The second-order valence-electron chi connectivity index (χ2n) is 4.27. The standard InChI is InChI=1S/C18H16O.5CO.Cr/c1-4-10-17(11-5-1)12-8-3-9-15-19-16-18-13-6-2-7-14-18;5*1-2;/h1-2,4-7,10-11,13-14H,3,9,15H2;;;;;;. The zero-order chi connectivity index (χ0) is 24.0. The van der Waals surface area contributed by atoms with Gasteiger partial charge in [0.25, 0.3) is 0 Å². The van der Waals surface area contributed by atoms with E-state index in [1.54, 1.807) is 0 Å². The van der Waals surface area contributed by atoms with Crippen LogP contribution in [0.1, 0.15) is 24.0 Å². The van der Waals surface area contributed by atoms with Crippen molar-refractivity contribution < 1.29 is 43.8 Å². The van der Waals surface area contributed by atoms with Gasteiger partial charge in [0.05, 0.1) is 0 Å². The Balaban J connectivity index is -0.000000296. The van der Waals surface area contributed by atoms with Gasteiger partial charge in [0, 0.05) is 0 Å². The van der Waals surface area contributed by atoms with Crippen LogP contribution in [0.5, 0.6) is 0 Å². The Morgan fingerprint density at radius 1 is 0.733 bits per heavy atom. The van der Waals surface area contributed by atoms with E-state index in [4.69, 9.17) is 28.0 Å². The van der Waals surface area contributed by atoms with Crippen LogP contribution in [0.4, 0.5) is 0 Å². The Kier molecular flexibility index (Phi) is 38.7. The molecule has 0 bridgehead atoms. The van der Waals surface area contributed by atoms with Gasteiger partial charge in [-0.15, -0.1) is 0 Å². The molecule has 2 rings (SSSR count). The average molecular weight is 440 g/mol. The second kappa shape index (κ2) is 33.6. The fourth-order valence-corrected chi connectivity index (χ4v) is 2.01. The van der Waals surface area contributed by atoms with Gasteiger partial charge >= 0.3 is 185 Å². The zero-order valence-electron chi connectivity index (χ0n) is 15.8. The SMILES string of the molecule is [C-]#[O+].[C-]#[O+].[C-]#[O+].[C-]#[O+].[C-]#[O+].[Cr]=[C](OCCCC#Cc1ccccc1)c1ccccc1. The summed E-state index contributed by atoms with van der Waals surface area (Å²) in [6.45, 7) is 23.2. The van der Waals surface area contributed by atoms with Crippen LogP contribution >= 0.6 is 0 Å². The molecule has 0 aromatic heterocycles. The Morgan fingerprint density at radius 2 is 1.17 bits per heavy atom. The van der Waals surface area contributed by atoms with E-state index < -0.39 is 0 Å². The molecule has 0 spiro atoms. The first kappa shape index (κ1) is 34.6. The first-order chi connectivity index (χ1) is 14.9. The Labute approximate surface area is 184 Å². The second-order valence-corrected chi connectivity index (χ2v) is 4.85. The van der Waals surface area contributed by atoms with Crippen LogP contribution in [-0.4, -0.2) is 11.2 Å². The Hall–Kier alpha value is -2.94. The summed E-state index contributed by atoms with van der Waals surface area (Å²) < 4.78 is 44.0. The summed E-state index contributed by atoms with van der Waals surface area (Å²) in [6, 6.07) is 20.1. The molecular formula is C23H16CrO6. The van der Waals surface area contributed by atoms with Gasteiger partial charge in [0.2, 0.25) is 0 Å². The van der Waals surface area contributed by atoms with E-state index >= 15 is 0 Å². The molecule has 0 radical (unpaired) electrons. The molecule has 7 heteroatoms. The molecule has 0 aliphatic heterocycles. The predicted molar refractivity (Wildman–Crippen MR) is 98.7 cm³/mol. The molecule has 0 aliphatic carbocycles. The van der Waals surface area contributed by atoms with E-state index in [0.29, 0.717) is 6.61 Å². The molecule has 0 fully saturated rings. The van der Waals surface area contributed by atoms with Crippen LogP contribution in [0.3, 0.4) is 0 Å². The molecule has 6 nitrogen and oxygen atoms in total. The summed E-state index contributed by atoms with van der Waals surface area (Å²) in [5.41, 5.74) is 2.15. The van der Waals surface area contributed by atoms with Crippen molar-refractivity contribution in [2.45, 2.75) is 12.8 Å². The van der Waals surface area contributed by atoms with Crippen molar-refractivity contribution in [3.63, 3.8) is 0 Å². The fraction of sp³-hybridized carbons (Fsp3) is 0.130. The number of benzene rings is 2. The van der Waals surface area contributed by atoms with E-state index in [1.807, 2.05) is 60.7 Å². The van der Waals surface area contributed by atoms with Gasteiger partial charge in [-0.1, -0.05) is 0 Å². The van der Waals surface area contributed by atoms with Crippen molar-refractivity contribution in [1.29, 1.82) is 0 Å². The zero-order valence-corrected chi connectivity index (χ0v) is 17.0. The van der Waals surface area contributed by atoms with Gasteiger partial charge in [-0.3, -0.25) is 0 Å². The van der Waals surface area contributed by atoms with Crippen molar-refractivity contribution in [1.82, 2.24) is 0 Å². The number of unbranched alkanes of at least 4 members (excludes halogenated alkanes) is 1. The number of rotatable bonds is 5. The Bertz CT molecular complexity index is 774. The molecule has 2 aromatic rings. The number of ether oxygens (including phenoxy) is 1. The van der Waals surface area contributed by atoms with Crippen LogP contribution < -0.4 is 0 Å². The summed E-state index contributed by atoms with van der Waals surface area (Å²) >= 11 is 2.97. The third-order valence-electron chi connectivity index (χ3n) is 2.70. The van der Waals surface area contributed by atoms with Gasteiger partial charge in [-0.2, -0.15) is 0 Å². The number of hydrogen-bond donors (Lipinski definition) is 0.